The maximum Gasteiger partial charge on any atom is 2.00 e. The van der Waals surface area contributed by atoms with Crippen molar-refractivity contribution in [2.45, 2.75) is 23.6 Å². The molecule has 0 aromatic heterocycles. The first kappa shape index (κ1) is 20.4. The number of rotatable bonds is 2. The van der Waals surface area contributed by atoms with Crippen LogP contribution in [0.3, 0.4) is 0 Å². The van der Waals surface area contributed by atoms with Crippen LogP contribution in [0.4, 0.5) is 0 Å². The maximum atomic E-state index is 10.3. The van der Waals surface area contributed by atoms with Crippen LogP contribution in [0, 0.1) is 13.8 Å². The molecule has 2 aromatic rings. The Morgan fingerprint density at radius 1 is 0.667 bits per heavy atom. The Kier molecular flexibility index (Phi) is 9.92. The summed E-state index contributed by atoms with van der Waals surface area (Å²) < 4.78 is 41.2. The van der Waals surface area contributed by atoms with Crippen LogP contribution in [-0.4, -0.2) is 40.6 Å². The SMILES string of the molecule is Cc1ccc(S(=O)[O-])cc1.Cc1ccc(S(=O)[O-])cc1.[Mg+2]. The monoisotopic (exact) mass is 334 g/mol. The predicted molar refractivity (Wildman–Crippen MR) is 82.5 cm³/mol. The maximum absolute atomic E-state index is 10.3. The molecule has 4 nitrogen and oxygen atoms in total. The summed E-state index contributed by atoms with van der Waals surface area (Å²) in [6.45, 7) is 3.83. The summed E-state index contributed by atoms with van der Waals surface area (Å²) >= 11 is -4.17. The van der Waals surface area contributed by atoms with Gasteiger partial charge in [0.15, 0.2) is 0 Å². The molecule has 0 aliphatic carbocycles. The fourth-order valence-electron chi connectivity index (χ4n) is 1.30. The van der Waals surface area contributed by atoms with Crippen LogP contribution in [0.5, 0.6) is 0 Å². The van der Waals surface area contributed by atoms with E-state index in [1.165, 1.54) is 0 Å². The van der Waals surface area contributed by atoms with E-state index in [1.54, 1.807) is 48.5 Å². The molecule has 0 spiro atoms. The molecule has 0 saturated carbocycles. The van der Waals surface area contributed by atoms with Crippen LogP contribution < -0.4 is 0 Å². The van der Waals surface area contributed by atoms with E-state index in [4.69, 9.17) is 0 Å². The third-order valence-corrected chi connectivity index (χ3v) is 3.74. The van der Waals surface area contributed by atoms with Gasteiger partial charge in [0.25, 0.3) is 0 Å². The molecular formula is C14H14MgO4S2. The molecule has 0 radical (unpaired) electrons. The number of hydrogen-bond donors (Lipinski definition) is 0. The zero-order chi connectivity index (χ0) is 15.1. The molecule has 0 heterocycles. The van der Waals surface area contributed by atoms with Gasteiger partial charge in [-0.3, -0.25) is 8.42 Å². The second kappa shape index (κ2) is 10.2. The molecule has 2 aromatic carbocycles. The third kappa shape index (κ3) is 7.84. The molecule has 2 rings (SSSR count). The average molecular weight is 335 g/mol. The van der Waals surface area contributed by atoms with Gasteiger partial charge in [-0.25, -0.2) is 0 Å². The molecule has 0 aliphatic rings. The summed E-state index contributed by atoms with van der Waals surface area (Å²) in [5, 5.41) is 0. The van der Waals surface area contributed by atoms with Crippen LogP contribution >= 0.6 is 0 Å². The molecule has 0 N–H and O–H groups in total. The molecule has 0 fully saturated rings. The van der Waals surface area contributed by atoms with Crippen molar-refractivity contribution >= 4 is 45.2 Å². The van der Waals surface area contributed by atoms with E-state index >= 15 is 0 Å². The Balaban J connectivity index is 0.000000364. The number of benzene rings is 2. The van der Waals surface area contributed by atoms with Crippen molar-refractivity contribution in [3.05, 3.63) is 59.7 Å². The van der Waals surface area contributed by atoms with Gasteiger partial charge in [0.1, 0.15) is 0 Å². The van der Waals surface area contributed by atoms with Crippen molar-refractivity contribution in [2.75, 3.05) is 0 Å². The van der Waals surface area contributed by atoms with Crippen molar-refractivity contribution in [3.8, 4) is 0 Å². The summed E-state index contributed by atoms with van der Waals surface area (Å²) in [6, 6.07) is 13.4. The number of aryl methyl sites for hydroxylation is 2. The van der Waals surface area contributed by atoms with Gasteiger partial charge in [-0.05, 0) is 60.3 Å². The van der Waals surface area contributed by atoms with E-state index in [0.29, 0.717) is 9.79 Å². The zero-order valence-corrected chi connectivity index (χ0v) is 14.8. The fraction of sp³-hybridized carbons (Fsp3) is 0.143. The Bertz CT molecular complexity index is 542. The second-order valence-electron chi connectivity index (χ2n) is 4.10. The summed E-state index contributed by atoms with van der Waals surface area (Å²) in [5.41, 5.74) is 2.13. The molecule has 0 aliphatic heterocycles. The number of hydrogen-bond acceptors (Lipinski definition) is 4. The molecule has 7 heteroatoms. The van der Waals surface area contributed by atoms with E-state index in [1.807, 2.05) is 13.8 Å². The van der Waals surface area contributed by atoms with E-state index < -0.39 is 22.2 Å². The van der Waals surface area contributed by atoms with E-state index in [9.17, 15) is 17.5 Å². The van der Waals surface area contributed by atoms with Crippen molar-refractivity contribution in [2.24, 2.45) is 0 Å². The van der Waals surface area contributed by atoms with Gasteiger partial charge in [-0.1, -0.05) is 35.4 Å². The first-order chi connectivity index (χ1) is 9.40. The summed E-state index contributed by atoms with van der Waals surface area (Å²) in [6.07, 6.45) is 0. The van der Waals surface area contributed by atoms with Crippen LogP contribution in [-0.2, 0) is 22.2 Å². The van der Waals surface area contributed by atoms with Gasteiger partial charge < -0.3 is 9.11 Å². The quantitative estimate of drug-likeness (QED) is 0.622. The van der Waals surface area contributed by atoms with E-state index in [2.05, 4.69) is 0 Å². The first-order valence-electron chi connectivity index (χ1n) is 5.72. The largest absolute Gasteiger partial charge is 2.00 e. The molecule has 0 amide bonds. The van der Waals surface area contributed by atoms with Crippen molar-refractivity contribution < 1.29 is 17.5 Å². The summed E-state index contributed by atoms with van der Waals surface area (Å²) in [7, 11) is 0. The molecule has 0 saturated heterocycles. The first-order valence-corrected chi connectivity index (χ1v) is 7.87. The molecule has 21 heavy (non-hydrogen) atoms. The summed E-state index contributed by atoms with van der Waals surface area (Å²) in [4.78, 5) is 0.677. The normalized spacial score (nSPS) is 12.4. The topological polar surface area (TPSA) is 80.3 Å². The standard InChI is InChI=1S/2C7H8O2S.Mg/c2*1-6-2-4-7(5-3-6)10(8)9;/h2*2-5H,1H3,(H,8,9);/q;;+2/p-2. The van der Waals surface area contributed by atoms with Crippen LogP contribution in [0.2, 0.25) is 0 Å². The van der Waals surface area contributed by atoms with Crippen LogP contribution in [0.15, 0.2) is 58.3 Å². The van der Waals surface area contributed by atoms with Gasteiger partial charge >= 0.3 is 23.1 Å². The van der Waals surface area contributed by atoms with Crippen LogP contribution in [0.1, 0.15) is 11.1 Å². The predicted octanol–water partition coefficient (Wildman–Crippen LogP) is 2.09. The smallest absolute Gasteiger partial charge is 0.768 e. The van der Waals surface area contributed by atoms with Gasteiger partial charge in [-0.2, -0.15) is 0 Å². The zero-order valence-electron chi connectivity index (χ0n) is 11.8. The molecule has 108 valence electrons. The summed E-state index contributed by atoms with van der Waals surface area (Å²) in [5.74, 6) is 0. The Morgan fingerprint density at radius 3 is 1.10 bits per heavy atom. The Labute approximate surface area is 145 Å². The van der Waals surface area contributed by atoms with Crippen molar-refractivity contribution in [3.63, 3.8) is 0 Å². The van der Waals surface area contributed by atoms with Gasteiger partial charge in [0.05, 0.1) is 0 Å². The van der Waals surface area contributed by atoms with E-state index in [-0.39, 0.29) is 23.1 Å². The van der Waals surface area contributed by atoms with Gasteiger partial charge in [0.2, 0.25) is 0 Å². The molecule has 2 atom stereocenters. The van der Waals surface area contributed by atoms with Crippen molar-refractivity contribution in [1.82, 2.24) is 0 Å². The fourth-order valence-corrected chi connectivity index (χ4v) is 2.02. The minimum Gasteiger partial charge on any atom is -0.768 e. The van der Waals surface area contributed by atoms with Gasteiger partial charge in [-0.15, -0.1) is 0 Å². The average Bonchev–Trinajstić information content (AvgIpc) is 2.40. The molecular weight excluding hydrogens is 321 g/mol. The second-order valence-corrected chi connectivity index (χ2v) is 5.98. The molecule has 2 unspecified atom stereocenters. The Hall–Kier alpha value is -0.574. The third-order valence-electron chi connectivity index (χ3n) is 2.43. The van der Waals surface area contributed by atoms with Crippen molar-refractivity contribution in [1.29, 1.82) is 0 Å². The minimum atomic E-state index is -2.09. The van der Waals surface area contributed by atoms with Crippen LogP contribution in [0.25, 0.3) is 0 Å². The van der Waals surface area contributed by atoms with E-state index in [0.717, 1.165) is 11.1 Å². The Morgan fingerprint density at radius 2 is 0.905 bits per heavy atom. The molecule has 0 bridgehead atoms. The minimum absolute atomic E-state index is 0. The van der Waals surface area contributed by atoms with Gasteiger partial charge in [0, 0.05) is 9.79 Å².